The van der Waals surface area contributed by atoms with Crippen molar-refractivity contribution < 1.29 is 14.1 Å². The fourth-order valence-corrected chi connectivity index (χ4v) is 2.14. The van der Waals surface area contributed by atoms with Crippen LogP contribution in [-0.2, 0) is 10.8 Å². The van der Waals surface area contributed by atoms with Gasteiger partial charge in [0, 0.05) is 34.5 Å². The van der Waals surface area contributed by atoms with Crippen LogP contribution in [0.1, 0.15) is 23.7 Å². The lowest BCUT2D eigenvalue weighted by Crippen LogP contribution is -2.33. The summed E-state index contributed by atoms with van der Waals surface area (Å²) in [6, 6.07) is 4.14. The third kappa shape index (κ3) is 4.37. The minimum atomic E-state index is -0.870. The number of nitrogens with one attached hydrogen (secondary N) is 1. The lowest BCUT2D eigenvalue weighted by Gasteiger charge is -2.14. The van der Waals surface area contributed by atoms with Crippen LogP contribution in [0.15, 0.2) is 18.2 Å². The van der Waals surface area contributed by atoms with Crippen LogP contribution in [0.3, 0.4) is 0 Å². The summed E-state index contributed by atoms with van der Waals surface area (Å²) in [5, 5.41) is 12.1. The van der Waals surface area contributed by atoms with E-state index in [2.05, 4.69) is 5.32 Å². The number of nitrogen functional groups attached to an aromatic ring is 1. The van der Waals surface area contributed by atoms with E-state index in [0.717, 1.165) is 0 Å². The van der Waals surface area contributed by atoms with Gasteiger partial charge in [0.1, 0.15) is 5.75 Å². The molecule has 0 aliphatic carbocycles. The molecule has 2 unspecified atom stereocenters. The molecule has 0 aliphatic heterocycles. The van der Waals surface area contributed by atoms with Crippen molar-refractivity contribution in [3.8, 4) is 5.75 Å². The minimum Gasteiger partial charge on any atom is -0.508 e. The van der Waals surface area contributed by atoms with Crippen molar-refractivity contribution in [1.82, 2.24) is 5.32 Å². The molecule has 0 saturated carbocycles. The average Bonchev–Trinajstić information content (AvgIpc) is 2.29. The predicted molar refractivity (Wildman–Crippen MR) is 73.0 cm³/mol. The number of anilines is 1. The van der Waals surface area contributed by atoms with Crippen LogP contribution in [0, 0.1) is 0 Å². The Morgan fingerprint density at radius 3 is 2.83 bits per heavy atom. The second kappa shape index (κ2) is 6.39. The minimum absolute atomic E-state index is 0.00309. The number of aromatic hydroxyl groups is 1. The monoisotopic (exact) mass is 270 g/mol. The molecule has 1 aromatic rings. The molecule has 0 bridgehead atoms. The van der Waals surface area contributed by atoms with Crippen LogP contribution < -0.4 is 11.1 Å². The summed E-state index contributed by atoms with van der Waals surface area (Å²) in [5.74, 6) is 0.200. The van der Waals surface area contributed by atoms with Gasteiger partial charge in [-0.3, -0.25) is 9.00 Å². The van der Waals surface area contributed by atoms with Gasteiger partial charge in [0.15, 0.2) is 0 Å². The van der Waals surface area contributed by atoms with Gasteiger partial charge in [0.05, 0.1) is 5.56 Å². The van der Waals surface area contributed by atoms with E-state index in [4.69, 9.17) is 5.73 Å². The first-order valence-corrected chi connectivity index (χ1v) is 7.32. The summed E-state index contributed by atoms with van der Waals surface area (Å²) in [5.41, 5.74) is 6.23. The number of benzene rings is 1. The molecule has 100 valence electrons. The molecular formula is C12H18N2O3S. The second-order valence-electron chi connectivity index (χ2n) is 4.21. The van der Waals surface area contributed by atoms with E-state index in [9.17, 15) is 14.1 Å². The molecule has 4 N–H and O–H groups in total. The number of phenols is 1. The molecule has 0 fully saturated rings. The zero-order chi connectivity index (χ0) is 13.7. The van der Waals surface area contributed by atoms with Crippen LogP contribution in [0.5, 0.6) is 5.75 Å². The maximum absolute atomic E-state index is 11.9. The van der Waals surface area contributed by atoms with E-state index in [1.54, 1.807) is 6.26 Å². The van der Waals surface area contributed by atoms with E-state index in [-0.39, 0.29) is 23.3 Å². The molecule has 1 rings (SSSR count). The van der Waals surface area contributed by atoms with Gasteiger partial charge in [-0.1, -0.05) is 0 Å². The number of carbonyl (C=O) groups excluding carboxylic acids is 1. The van der Waals surface area contributed by atoms with E-state index < -0.39 is 10.8 Å². The topological polar surface area (TPSA) is 92.4 Å². The summed E-state index contributed by atoms with van der Waals surface area (Å²) in [4.78, 5) is 11.9. The normalized spacial score (nSPS) is 13.9. The number of nitrogens with two attached hydrogens (primary N) is 1. The number of rotatable bonds is 5. The summed E-state index contributed by atoms with van der Waals surface area (Å²) in [7, 11) is -0.870. The van der Waals surface area contributed by atoms with Crippen LogP contribution in [0.4, 0.5) is 5.69 Å². The van der Waals surface area contributed by atoms with Crippen molar-refractivity contribution in [3.63, 3.8) is 0 Å². The lowest BCUT2D eigenvalue weighted by molar-refractivity contribution is 0.0940. The van der Waals surface area contributed by atoms with Crippen molar-refractivity contribution in [2.24, 2.45) is 0 Å². The third-order valence-corrected chi connectivity index (χ3v) is 3.31. The molecule has 0 saturated heterocycles. The highest BCUT2D eigenvalue weighted by atomic mass is 32.2. The van der Waals surface area contributed by atoms with Gasteiger partial charge in [-0.15, -0.1) is 0 Å². The first-order valence-electron chi connectivity index (χ1n) is 5.59. The van der Waals surface area contributed by atoms with Crippen molar-refractivity contribution in [2.75, 3.05) is 17.7 Å². The molecule has 1 aromatic carbocycles. The number of hydrogen-bond donors (Lipinski definition) is 3. The Balaban J connectivity index is 2.64. The molecule has 5 nitrogen and oxygen atoms in total. The molecule has 6 heteroatoms. The van der Waals surface area contributed by atoms with Gasteiger partial charge in [0.2, 0.25) is 0 Å². The fraction of sp³-hybridized carbons (Fsp3) is 0.417. The zero-order valence-electron chi connectivity index (χ0n) is 10.5. The second-order valence-corrected chi connectivity index (χ2v) is 5.77. The maximum Gasteiger partial charge on any atom is 0.253 e. The summed E-state index contributed by atoms with van der Waals surface area (Å²) in [6.45, 7) is 1.84. The fourth-order valence-electron chi connectivity index (χ4n) is 1.46. The standard InChI is InChI=1S/C12H18N2O3S/c1-8(5-6-18(2)17)14-12(16)10-7-9(15)3-4-11(10)13/h3-4,7-8,15H,5-6,13H2,1-2H3,(H,14,16). The van der Waals surface area contributed by atoms with Gasteiger partial charge < -0.3 is 16.2 Å². The van der Waals surface area contributed by atoms with E-state index in [1.165, 1.54) is 18.2 Å². The summed E-state index contributed by atoms with van der Waals surface area (Å²) >= 11 is 0. The van der Waals surface area contributed by atoms with Gasteiger partial charge in [-0.25, -0.2) is 0 Å². The third-order valence-electron chi connectivity index (χ3n) is 2.50. The highest BCUT2D eigenvalue weighted by molar-refractivity contribution is 7.84. The molecule has 0 radical (unpaired) electrons. The number of phenolic OH excluding ortho intramolecular Hbond substituents is 1. The Bertz CT molecular complexity index is 463. The van der Waals surface area contributed by atoms with Crippen LogP contribution in [0.2, 0.25) is 0 Å². The van der Waals surface area contributed by atoms with Crippen LogP contribution in [-0.4, -0.2) is 33.3 Å². The van der Waals surface area contributed by atoms with E-state index >= 15 is 0 Å². The quantitative estimate of drug-likeness (QED) is 0.546. The number of amides is 1. The Kier molecular flexibility index (Phi) is 5.15. The van der Waals surface area contributed by atoms with Crippen molar-refractivity contribution in [3.05, 3.63) is 23.8 Å². The highest BCUT2D eigenvalue weighted by Crippen LogP contribution is 2.18. The SMILES string of the molecule is CC(CCS(C)=O)NC(=O)c1cc(O)ccc1N. The largest absolute Gasteiger partial charge is 0.508 e. The van der Waals surface area contributed by atoms with E-state index in [1.807, 2.05) is 6.92 Å². The smallest absolute Gasteiger partial charge is 0.253 e. The summed E-state index contributed by atoms with van der Waals surface area (Å²) in [6.07, 6.45) is 2.26. The molecule has 0 spiro atoms. The Morgan fingerprint density at radius 2 is 2.22 bits per heavy atom. The van der Waals surface area contributed by atoms with Crippen LogP contribution in [0.25, 0.3) is 0 Å². The lowest BCUT2D eigenvalue weighted by atomic mass is 10.1. The maximum atomic E-state index is 11.9. The van der Waals surface area contributed by atoms with Crippen molar-refractivity contribution >= 4 is 22.4 Å². The molecule has 2 atom stereocenters. The Morgan fingerprint density at radius 1 is 1.56 bits per heavy atom. The number of hydrogen-bond acceptors (Lipinski definition) is 4. The summed E-state index contributed by atoms with van der Waals surface area (Å²) < 4.78 is 10.9. The van der Waals surface area contributed by atoms with Gasteiger partial charge >= 0.3 is 0 Å². The Labute approximate surface area is 109 Å². The van der Waals surface area contributed by atoms with Crippen molar-refractivity contribution in [2.45, 2.75) is 19.4 Å². The highest BCUT2D eigenvalue weighted by Gasteiger charge is 2.13. The predicted octanol–water partition coefficient (Wildman–Crippen LogP) is 0.861. The zero-order valence-corrected chi connectivity index (χ0v) is 11.3. The average molecular weight is 270 g/mol. The van der Waals surface area contributed by atoms with Crippen molar-refractivity contribution in [1.29, 1.82) is 0 Å². The number of carbonyl (C=O) groups is 1. The molecule has 0 heterocycles. The first kappa shape index (κ1) is 14.5. The molecule has 1 amide bonds. The van der Waals surface area contributed by atoms with E-state index in [0.29, 0.717) is 17.9 Å². The Hall–Kier alpha value is -1.56. The first-order chi connectivity index (χ1) is 8.40. The van der Waals surface area contributed by atoms with Gasteiger partial charge in [-0.05, 0) is 31.5 Å². The molecule has 0 aliphatic rings. The molecule has 18 heavy (non-hydrogen) atoms. The molecule has 0 aromatic heterocycles. The van der Waals surface area contributed by atoms with Gasteiger partial charge in [-0.2, -0.15) is 0 Å². The van der Waals surface area contributed by atoms with Crippen LogP contribution >= 0.6 is 0 Å². The molecular weight excluding hydrogens is 252 g/mol. The van der Waals surface area contributed by atoms with Gasteiger partial charge in [0.25, 0.3) is 5.91 Å².